The Kier molecular flexibility index (Phi) is 6.18. The maximum absolute atomic E-state index is 13.0. The lowest BCUT2D eigenvalue weighted by Gasteiger charge is -2.37. The van der Waals surface area contributed by atoms with Crippen molar-refractivity contribution in [1.82, 2.24) is 14.4 Å². The molecule has 31 heavy (non-hydrogen) atoms. The van der Waals surface area contributed by atoms with Gasteiger partial charge < -0.3 is 14.8 Å². The summed E-state index contributed by atoms with van der Waals surface area (Å²) in [5.41, 5.74) is 4.21. The molecule has 3 aromatic rings. The van der Waals surface area contributed by atoms with Crippen LogP contribution in [0.2, 0.25) is 0 Å². The summed E-state index contributed by atoms with van der Waals surface area (Å²) in [7, 11) is 1.68. The largest absolute Gasteiger partial charge is 0.348 e. The second-order valence-corrected chi connectivity index (χ2v) is 8.07. The van der Waals surface area contributed by atoms with E-state index >= 15 is 0 Å². The van der Waals surface area contributed by atoms with Gasteiger partial charge in [0.05, 0.1) is 19.1 Å². The van der Waals surface area contributed by atoms with Gasteiger partial charge in [0.2, 0.25) is 11.8 Å². The smallest absolute Gasteiger partial charge is 0.243 e. The minimum atomic E-state index is -0.202. The number of likely N-dealkylation sites (N-methyl/N-ethyl adjacent to an activating group) is 1. The number of hydrogen-bond acceptors (Lipinski definition) is 3. The van der Waals surface area contributed by atoms with E-state index in [1.807, 2.05) is 49.4 Å². The number of amides is 2. The number of benzene rings is 2. The first-order valence-corrected chi connectivity index (χ1v) is 10.6. The van der Waals surface area contributed by atoms with Gasteiger partial charge >= 0.3 is 0 Å². The van der Waals surface area contributed by atoms with Gasteiger partial charge in [0, 0.05) is 37.7 Å². The van der Waals surface area contributed by atoms with Crippen LogP contribution in [0.15, 0.2) is 72.9 Å². The number of rotatable bonds is 6. The number of nitrogens with one attached hydrogen (secondary N) is 1. The van der Waals surface area contributed by atoms with E-state index in [2.05, 4.69) is 45.2 Å². The molecule has 1 atom stereocenters. The summed E-state index contributed by atoms with van der Waals surface area (Å²) in [5, 5.41) is 2.85. The molecule has 1 aliphatic heterocycles. The number of anilines is 1. The molecule has 1 N–H and O–H groups in total. The minimum absolute atomic E-state index is 0.0173. The van der Waals surface area contributed by atoms with Gasteiger partial charge in [-0.15, -0.1) is 0 Å². The molecule has 6 nitrogen and oxygen atoms in total. The van der Waals surface area contributed by atoms with Gasteiger partial charge in [-0.3, -0.25) is 14.5 Å². The fourth-order valence-corrected chi connectivity index (χ4v) is 4.05. The Bertz CT molecular complexity index is 1040. The molecule has 0 saturated carbocycles. The average molecular weight is 417 g/mol. The van der Waals surface area contributed by atoms with Crippen LogP contribution in [-0.4, -0.2) is 52.9 Å². The van der Waals surface area contributed by atoms with Crippen LogP contribution in [0.4, 0.5) is 5.69 Å². The summed E-state index contributed by atoms with van der Waals surface area (Å²) in [4.78, 5) is 29.1. The first-order valence-electron chi connectivity index (χ1n) is 10.6. The normalized spacial score (nSPS) is 15.9. The molecule has 6 heteroatoms. The zero-order valence-electron chi connectivity index (χ0n) is 18.0. The summed E-state index contributed by atoms with van der Waals surface area (Å²) < 4.78 is 2.25. The predicted molar refractivity (Wildman–Crippen MR) is 122 cm³/mol. The minimum Gasteiger partial charge on any atom is -0.348 e. The molecule has 2 heterocycles. The van der Waals surface area contributed by atoms with Gasteiger partial charge in [0.25, 0.3) is 0 Å². The molecule has 0 spiro atoms. The van der Waals surface area contributed by atoms with Crippen LogP contribution in [0.3, 0.4) is 0 Å². The van der Waals surface area contributed by atoms with Crippen LogP contribution < -0.4 is 5.32 Å². The van der Waals surface area contributed by atoms with Crippen molar-refractivity contribution in [3.63, 3.8) is 0 Å². The van der Waals surface area contributed by atoms with Gasteiger partial charge in [-0.05, 0) is 36.8 Å². The molecule has 0 radical (unpaired) electrons. The third kappa shape index (κ3) is 4.86. The summed E-state index contributed by atoms with van der Waals surface area (Å²) in [6.07, 6.45) is 2.09. The molecular weight excluding hydrogens is 388 g/mol. The SMILES string of the molecule is Cc1ccc(NC(=O)CN(C)C(=O)CN2CCn3cccc3C2c2ccccc2)cc1. The number of nitrogens with zero attached hydrogens (tertiary/aromatic N) is 3. The van der Waals surface area contributed by atoms with Crippen LogP contribution in [0.1, 0.15) is 22.9 Å². The molecule has 0 fully saturated rings. The van der Waals surface area contributed by atoms with Crippen molar-refractivity contribution in [2.75, 3.05) is 32.0 Å². The van der Waals surface area contributed by atoms with E-state index in [1.165, 1.54) is 10.6 Å². The summed E-state index contributed by atoms with van der Waals surface area (Å²) >= 11 is 0. The van der Waals surface area contributed by atoms with E-state index in [0.29, 0.717) is 0 Å². The molecule has 1 aromatic heterocycles. The Balaban J connectivity index is 1.41. The van der Waals surface area contributed by atoms with Crippen LogP contribution in [-0.2, 0) is 16.1 Å². The average Bonchev–Trinajstić information content (AvgIpc) is 3.24. The van der Waals surface area contributed by atoms with Crippen molar-refractivity contribution in [2.24, 2.45) is 0 Å². The molecular formula is C25H28N4O2. The first-order chi connectivity index (χ1) is 15.0. The molecule has 0 bridgehead atoms. The van der Waals surface area contributed by atoms with Crippen LogP contribution in [0.25, 0.3) is 0 Å². The number of carbonyl (C=O) groups excluding carboxylic acids is 2. The fourth-order valence-electron chi connectivity index (χ4n) is 4.05. The highest BCUT2D eigenvalue weighted by molar-refractivity contribution is 5.94. The quantitative estimate of drug-likeness (QED) is 0.671. The Morgan fingerprint density at radius 3 is 2.48 bits per heavy atom. The van der Waals surface area contributed by atoms with Crippen molar-refractivity contribution < 1.29 is 9.59 Å². The van der Waals surface area contributed by atoms with Crippen LogP contribution in [0, 0.1) is 6.92 Å². The van der Waals surface area contributed by atoms with E-state index in [-0.39, 0.29) is 30.9 Å². The summed E-state index contributed by atoms with van der Waals surface area (Å²) in [5.74, 6) is -0.271. The number of fused-ring (bicyclic) bond motifs is 1. The molecule has 2 aromatic carbocycles. The lowest BCUT2D eigenvalue weighted by molar-refractivity contribution is -0.134. The zero-order chi connectivity index (χ0) is 21.8. The van der Waals surface area contributed by atoms with E-state index in [1.54, 1.807) is 7.05 Å². The third-order valence-electron chi connectivity index (χ3n) is 5.73. The maximum Gasteiger partial charge on any atom is 0.243 e. The van der Waals surface area contributed by atoms with Crippen molar-refractivity contribution in [3.05, 3.63) is 89.7 Å². The number of aromatic nitrogens is 1. The second kappa shape index (κ2) is 9.18. The predicted octanol–water partition coefficient (Wildman–Crippen LogP) is 3.30. The molecule has 0 saturated heterocycles. The van der Waals surface area contributed by atoms with Crippen molar-refractivity contribution in [1.29, 1.82) is 0 Å². The Morgan fingerprint density at radius 1 is 1.00 bits per heavy atom. The van der Waals surface area contributed by atoms with E-state index in [4.69, 9.17) is 0 Å². The molecule has 160 valence electrons. The lowest BCUT2D eigenvalue weighted by Crippen LogP contribution is -2.46. The van der Waals surface area contributed by atoms with Gasteiger partial charge in [0.15, 0.2) is 0 Å². The van der Waals surface area contributed by atoms with Gasteiger partial charge in [0.1, 0.15) is 0 Å². The standard InChI is InChI=1S/C25H28N4O2/c1-19-10-12-21(13-11-19)26-23(30)17-27(2)24(31)18-29-16-15-28-14-6-9-22(28)25(29)20-7-4-3-5-8-20/h3-14,25H,15-18H2,1-2H3,(H,26,30). The number of hydrogen-bond donors (Lipinski definition) is 1. The van der Waals surface area contributed by atoms with E-state index < -0.39 is 0 Å². The molecule has 0 aliphatic carbocycles. The Labute approximate surface area is 183 Å². The lowest BCUT2D eigenvalue weighted by atomic mass is 10.00. The zero-order valence-corrected chi connectivity index (χ0v) is 18.0. The van der Waals surface area contributed by atoms with E-state index in [0.717, 1.165) is 29.9 Å². The van der Waals surface area contributed by atoms with Crippen molar-refractivity contribution in [3.8, 4) is 0 Å². The van der Waals surface area contributed by atoms with Crippen molar-refractivity contribution >= 4 is 17.5 Å². The monoisotopic (exact) mass is 416 g/mol. The molecule has 2 amide bonds. The Morgan fingerprint density at radius 2 is 1.74 bits per heavy atom. The van der Waals surface area contributed by atoms with Crippen molar-refractivity contribution in [2.45, 2.75) is 19.5 Å². The van der Waals surface area contributed by atoms with Gasteiger partial charge in [-0.1, -0.05) is 48.0 Å². The maximum atomic E-state index is 13.0. The number of carbonyl (C=O) groups is 2. The summed E-state index contributed by atoms with van der Waals surface area (Å²) in [6.45, 7) is 3.90. The van der Waals surface area contributed by atoms with Crippen LogP contribution in [0.5, 0.6) is 0 Å². The van der Waals surface area contributed by atoms with Crippen LogP contribution >= 0.6 is 0 Å². The highest BCUT2D eigenvalue weighted by Crippen LogP contribution is 2.32. The Hall–Kier alpha value is -3.38. The fraction of sp³-hybridized carbons (Fsp3) is 0.280. The number of aryl methyl sites for hydroxylation is 1. The molecule has 1 unspecified atom stereocenters. The van der Waals surface area contributed by atoms with Gasteiger partial charge in [-0.25, -0.2) is 0 Å². The second-order valence-electron chi connectivity index (χ2n) is 8.07. The van der Waals surface area contributed by atoms with Gasteiger partial charge in [-0.2, -0.15) is 0 Å². The highest BCUT2D eigenvalue weighted by atomic mass is 16.2. The molecule has 1 aliphatic rings. The summed E-state index contributed by atoms with van der Waals surface area (Å²) in [6, 6.07) is 22.1. The third-order valence-corrected chi connectivity index (χ3v) is 5.73. The van der Waals surface area contributed by atoms with E-state index in [9.17, 15) is 9.59 Å². The first kappa shape index (κ1) is 20.9. The molecule has 4 rings (SSSR count). The highest BCUT2D eigenvalue weighted by Gasteiger charge is 2.30. The topological polar surface area (TPSA) is 57.6 Å².